The first kappa shape index (κ1) is 25.7. The minimum atomic E-state index is -0.563. The third-order valence-corrected chi connectivity index (χ3v) is 8.05. The molecule has 2 aromatic rings. The van der Waals surface area contributed by atoms with Crippen LogP contribution in [0.25, 0.3) is 0 Å². The second kappa shape index (κ2) is 10.7. The van der Waals surface area contributed by atoms with Crippen LogP contribution in [0.4, 0.5) is 0 Å². The summed E-state index contributed by atoms with van der Waals surface area (Å²) in [5, 5.41) is 15.1. The first-order valence-electron chi connectivity index (χ1n) is 12.2. The fraction of sp³-hybridized carbons (Fsp3) is 0.462. The van der Waals surface area contributed by atoms with Gasteiger partial charge in [0.15, 0.2) is 0 Å². The Morgan fingerprint density at radius 2 is 2.03 bits per heavy atom. The number of amides is 3. The predicted octanol–water partition coefficient (Wildman–Crippen LogP) is 2.56. The summed E-state index contributed by atoms with van der Waals surface area (Å²) in [5.74, 6) is 0.0877. The van der Waals surface area contributed by atoms with Crippen LogP contribution in [-0.4, -0.2) is 53.7 Å². The molecule has 1 aliphatic heterocycles. The number of nitrogen functional groups attached to an aromatic ring is 1. The predicted molar refractivity (Wildman–Crippen MR) is 138 cm³/mol. The summed E-state index contributed by atoms with van der Waals surface area (Å²) in [6.45, 7) is 4.25. The molecule has 0 radical (unpaired) electrons. The zero-order chi connectivity index (χ0) is 25.9. The summed E-state index contributed by atoms with van der Waals surface area (Å²) < 4.78 is 5.60. The highest BCUT2D eigenvalue weighted by Gasteiger charge is 2.64. The van der Waals surface area contributed by atoms with Crippen LogP contribution in [-0.2, 0) is 14.4 Å². The molecule has 1 aromatic carbocycles. The smallest absolute Gasteiger partial charge is 0.243 e. The number of carbonyl (C=O) groups is 3. The van der Waals surface area contributed by atoms with Gasteiger partial charge in [-0.2, -0.15) is 0 Å². The Balaban J connectivity index is 1.26. The van der Waals surface area contributed by atoms with Crippen molar-refractivity contribution in [2.45, 2.75) is 57.7 Å². The molecule has 4 rings (SSSR count). The van der Waals surface area contributed by atoms with Crippen molar-refractivity contribution in [1.82, 2.24) is 15.5 Å². The number of nitrogens with zero attached hydrogens (tertiary/aromatic N) is 1. The van der Waals surface area contributed by atoms with E-state index >= 15 is 0 Å². The highest BCUT2D eigenvalue weighted by Crippen LogP contribution is 2.59. The molecule has 0 unspecified atom stereocenters. The van der Waals surface area contributed by atoms with Gasteiger partial charge in [0.2, 0.25) is 17.7 Å². The van der Waals surface area contributed by atoms with Gasteiger partial charge in [-0.3, -0.25) is 19.8 Å². The van der Waals surface area contributed by atoms with E-state index in [0.717, 1.165) is 17.0 Å². The van der Waals surface area contributed by atoms with Crippen molar-refractivity contribution >= 4 is 34.9 Å². The fourth-order valence-electron chi connectivity index (χ4n) is 4.76. The van der Waals surface area contributed by atoms with Crippen molar-refractivity contribution in [1.29, 1.82) is 5.41 Å². The number of likely N-dealkylation sites (tertiary alicyclic amines) is 1. The fourth-order valence-corrected chi connectivity index (χ4v) is 5.67. The SMILES string of the molecule is C[C@@H](NC(=O)[C@@H]1C[C@]2(C)C[C@@H]2N1C(=O)CNC(=O)CCCOc1ccccc1)c1cc(C(=N)N)cs1. The molecular formula is C26H33N5O4S. The number of amidine groups is 1. The van der Waals surface area contributed by atoms with Crippen molar-refractivity contribution in [3.05, 3.63) is 52.2 Å². The van der Waals surface area contributed by atoms with Crippen LogP contribution < -0.4 is 21.1 Å². The van der Waals surface area contributed by atoms with Crippen LogP contribution >= 0.6 is 11.3 Å². The normalized spacial score (nSPS) is 22.9. The van der Waals surface area contributed by atoms with Crippen LogP contribution in [0, 0.1) is 10.8 Å². The molecule has 2 aliphatic rings. The Labute approximate surface area is 214 Å². The van der Waals surface area contributed by atoms with Crippen molar-refractivity contribution in [2.75, 3.05) is 13.2 Å². The summed E-state index contributed by atoms with van der Waals surface area (Å²) in [6.07, 6.45) is 2.27. The quantitative estimate of drug-likeness (QED) is 0.209. The van der Waals surface area contributed by atoms with Crippen LogP contribution in [0.3, 0.4) is 0 Å². The van der Waals surface area contributed by atoms with Gasteiger partial charge >= 0.3 is 0 Å². The molecule has 1 saturated heterocycles. The van der Waals surface area contributed by atoms with E-state index in [1.165, 1.54) is 11.3 Å². The second-order valence-corrected chi connectivity index (χ2v) is 10.8. The monoisotopic (exact) mass is 511 g/mol. The lowest BCUT2D eigenvalue weighted by Gasteiger charge is -2.28. The average molecular weight is 512 g/mol. The molecule has 0 spiro atoms. The molecular weight excluding hydrogens is 478 g/mol. The minimum absolute atomic E-state index is 0.0117. The van der Waals surface area contributed by atoms with E-state index < -0.39 is 6.04 Å². The van der Waals surface area contributed by atoms with Gasteiger partial charge < -0.3 is 26.0 Å². The minimum Gasteiger partial charge on any atom is -0.494 e. The van der Waals surface area contributed by atoms with E-state index in [4.69, 9.17) is 15.9 Å². The molecule has 3 amide bonds. The summed E-state index contributed by atoms with van der Waals surface area (Å²) in [6, 6.07) is 10.4. The molecule has 0 bridgehead atoms. The lowest BCUT2D eigenvalue weighted by molar-refractivity contribution is -0.140. The first-order valence-corrected chi connectivity index (χ1v) is 13.0. The molecule has 10 heteroatoms. The van der Waals surface area contributed by atoms with Crippen molar-refractivity contribution in [2.24, 2.45) is 11.1 Å². The Morgan fingerprint density at radius 1 is 1.28 bits per heavy atom. The van der Waals surface area contributed by atoms with Crippen LogP contribution in [0.2, 0.25) is 0 Å². The standard InChI is InChI=1S/C26H33N5O4S/c1-16(20-11-17(15-36-20)24(27)28)30-25(34)19-12-26(2)13-21(26)31(19)23(33)14-29-22(32)9-6-10-35-18-7-4-3-5-8-18/h3-5,7-8,11,15-16,19,21H,6,9-10,12-14H2,1-2H3,(H3,27,28)(H,29,32)(H,30,34)/t16-,19+,21+,26-/m1/s1. The van der Waals surface area contributed by atoms with Gasteiger partial charge in [0, 0.05) is 28.3 Å². The van der Waals surface area contributed by atoms with Gasteiger partial charge in [-0.15, -0.1) is 11.3 Å². The zero-order valence-electron chi connectivity index (χ0n) is 20.6. The number of hydrogen-bond donors (Lipinski definition) is 4. The molecule has 5 N–H and O–H groups in total. The number of fused-ring (bicyclic) bond motifs is 1. The number of piperidine rings is 1. The third-order valence-electron chi connectivity index (χ3n) is 6.94. The van der Waals surface area contributed by atoms with E-state index in [1.807, 2.05) is 37.3 Å². The number of ether oxygens (including phenoxy) is 1. The lowest BCUT2D eigenvalue weighted by atomic mass is 10.0. The Hall–Kier alpha value is -3.40. The van der Waals surface area contributed by atoms with E-state index in [-0.39, 0.29) is 54.0 Å². The van der Waals surface area contributed by atoms with Gasteiger partial charge in [-0.25, -0.2) is 0 Å². The summed E-state index contributed by atoms with van der Waals surface area (Å²) in [4.78, 5) is 41.0. The topological polar surface area (TPSA) is 138 Å². The number of nitrogens with two attached hydrogens (primary N) is 1. The molecule has 1 aromatic heterocycles. The Kier molecular flexibility index (Phi) is 7.63. The van der Waals surface area contributed by atoms with E-state index in [2.05, 4.69) is 17.6 Å². The molecule has 2 heterocycles. The number of carbonyl (C=O) groups excluding carboxylic acids is 3. The molecule has 9 nitrogen and oxygen atoms in total. The number of rotatable bonds is 11. The van der Waals surface area contributed by atoms with E-state index in [0.29, 0.717) is 25.0 Å². The van der Waals surface area contributed by atoms with Crippen molar-refractivity contribution in [3.63, 3.8) is 0 Å². The number of thiophene rings is 1. The largest absolute Gasteiger partial charge is 0.494 e. The molecule has 1 saturated carbocycles. The van der Waals surface area contributed by atoms with Crippen molar-refractivity contribution in [3.8, 4) is 5.75 Å². The van der Waals surface area contributed by atoms with Crippen LogP contribution in [0.15, 0.2) is 41.8 Å². The lowest BCUT2D eigenvalue weighted by Crippen LogP contribution is -2.51. The van der Waals surface area contributed by atoms with Gasteiger partial charge in [0.05, 0.1) is 19.2 Å². The number of nitrogens with one attached hydrogen (secondary N) is 3. The van der Waals surface area contributed by atoms with Crippen LogP contribution in [0.1, 0.15) is 56.0 Å². The van der Waals surface area contributed by atoms with Gasteiger partial charge in [0.1, 0.15) is 17.6 Å². The summed E-state index contributed by atoms with van der Waals surface area (Å²) >= 11 is 1.43. The van der Waals surface area contributed by atoms with Crippen molar-refractivity contribution < 1.29 is 19.1 Å². The van der Waals surface area contributed by atoms with Gasteiger partial charge in [-0.05, 0) is 49.8 Å². The Bertz CT molecular complexity index is 1140. The molecule has 192 valence electrons. The Morgan fingerprint density at radius 3 is 2.72 bits per heavy atom. The average Bonchev–Trinajstić information content (AvgIpc) is 3.19. The first-order chi connectivity index (χ1) is 17.2. The second-order valence-electron chi connectivity index (χ2n) is 9.82. The van der Waals surface area contributed by atoms with E-state index in [9.17, 15) is 14.4 Å². The highest BCUT2D eigenvalue weighted by molar-refractivity contribution is 7.10. The van der Waals surface area contributed by atoms with E-state index in [1.54, 1.807) is 16.3 Å². The molecule has 4 atom stereocenters. The van der Waals surface area contributed by atoms with Crippen LogP contribution in [0.5, 0.6) is 5.75 Å². The summed E-state index contributed by atoms with van der Waals surface area (Å²) in [7, 11) is 0. The number of para-hydroxylation sites is 1. The highest BCUT2D eigenvalue weighted by atomic mass is 32.1. The number of hydrogen-bond acceptors (Lipinski definition) is 6. The zero-order valence-corrected chi connectivity index (χ0v) is 21.4. The maximum absolute atomic E-state index is 13.2. The maximum atomic E-state index is 13.2. The summed E-state index contributed by atoms with van der Waals surface area (Å²) in [5.41, 5.74) is 6.12. The molecule has 2 fully saturated rings. The maximum Gasteiger partial charge on any atom is 0.243 e. The van der Waals surface area contributed by atoms with Gasteiger partial charge in [-0.1, -0.05) is 25.1 Å². The molecule has 36 heavy (non-hydrogen) atoms. The molecule has 1 aliphatic carbocycles. The van der Waals surface area contributed by atoms with Gasteiger partial charge in [0.25, 0.3) is 0 Å². The third kappa shape index (κ3) is 5.87. The number of benzene rings is 1.